The molecule has 0 saturated carbocycles. The minimum Gasteiger partial charge on any atom is -0.478 e. The van der Waals surface area contributed by atoms with Gasteiger partial charge in [-0.1, -0.05) is 49.4 Å². The van der Waals surface area contributed by atoms with E-state index in [1.165, 1.54) is 0 Å². The summed E-state index contributed by atoms with van der Waals surface area (Å²) in [6.07, 6.45) is 1.24. The zero-order valence-electron chi connectivity index (χ0n) is 12.4. The average Bonchev–Trinajstić information content (AvgIpc) is 2.53. The molecule has 0 spiro atoms. The fourth-order valence-electron chi connectivity index (χ4n) is 2.06. The molecule has 21 heavy (non-hydrogen) atoms. The molecule has 0 aromatic heterocycles. The number of benzene rings is 2. The van der Waals surface area contributed by atoms with Crippen LogP contribution in [0.25, 0.3) is 11.1 Å². The van der Waals surface area contributed by atoms with Crippen LogP contribution in [0.5, 0.6) is 0 Å². The molecular formula is C18H20O3. The third kappa shape index (κ3) is 3.92. The summed E-state index contributed by atoms with van der Waals surface area (Å²) in [5.41, 5.74) is 3.05. The maximum absolute atomic E-state index is 11.3. The van der Waals surface area contributed by atoms with Gasteiger partial charge in [0.1, 0.15) is 0 Å². The molecular weight excluding hydrogens is 264 g/mol. The summed E-state index contributed by atoms with van der Waals surface area (Å²) in [7, 11) is 0. The number of carboxylic acids is 1. The van der Waals surface area contributed by atoms with Gasteiger partial charge >= 0.3 is 5.97 Å². The van der Waals surface area contributed by atoms with Gasteiger partial charge in [-0.25, -0.2) is 4.79 Å². The van der Waals surface area contributed by atoms with Gasteiger partial charge in [0.15, 0.2) is 0 Å². The highest BCUT2D eigenvalue weighted by Gasteiger charge is 2.10. The van der Waals surface area contributed by atoms with E-state index in [2.05, 4.69) is 13.8 Å². The van der Waals surface area contributed by atoms with E-state index in [0.29, 0.717) is 12.2 Å². The lowest BCUT2D eigenvalue weighted by Gasteiger charge is -2.11. The molecule has 0 heterocycles. The van der Waals surface area contributed by atoms with Crippen molar-refractivity contribution < 1.29 is 14.6 Å². The van der Waals surface area contributed by atoms with E-state index in [-0.39, 0.29) is 6.10 Å². The van der Waals surface area contributed by atoms with Crippen molar-refractivity contribution in [2.24, 2.45) is 0 Å². The molecule has 0 aliphatic rings. The predicted molar refractivity (Wildman–Crippen MR) is 83.4 cm³/mol. The van der Waals surface area contributed by atoms with Gasteiger partial charge in [0.05, 0.1) is 18.3 Å². The Kier molecular flexibility index (Phi) is 5.12. The topological polar surface area (TPSA) is 46.5 Å². The zero-order chi connectivity index (χ0) is 15.2. The van der Waals surface area contributed by atoms with Gasteiger partial charge < -0.3 is 9.84 Å². The van der Waals surface area contributed by atoms with Gasteiger partial charge in [0, 0.05) is 0 Å². The van der Waals surface area contributed by atoms with Crippen LogP contribution in [0.2, 0.25) is 0 Å². The normalized spacial score (nSPS) is 12.1. The fourth-order valence-corrected chi connectivity index (χ4v) is 2.06. The van der Waals surface area contributed by atoms with Crippen LogP contribution in [-0.4, -0.2) is 17.2 Å². The van der Waals surface area contributed by atoms with Crippen molar-refractivity contribution in [2.45, 2.75) is 33.0 Å². The third-order valence-corrected chi connectivity index (χ3v) is 3.53. The molecule has 1 atom stereocenters. The van der Waals surface area contributed by atoms with Crippen molar-refractivity contribution in [3.8, 4) is 11.1 Å². The van der Waals surface area contributed by atoms with E-state index in [0.717, 1.165) is 23.1 Å². The monoisotopic (exact) mass is 284 g/mol. The quantitative estimate of drug-likeness (QED) is 0.857. The average molecular weight is 284 g/mol. The molecule has 3 heteroatoms. The number of hydrogen-bond donors (Lipinski definition) is 1. The van der Waals surface area contributed by atoms with Gasteiger partial charge in [-0.2, -0.15) is 0 Å². The lowest BCUT2D eigenvalue weighted by molar-refractivity contribution is 0.0508. The van der Waals surface area contributed by atoms with E-state index in [1.54, 1.807) is 12.1 Å². The minimum atomic E-state index is -0.908. The number of rotatable bonds is 6. The van der Waals surface area contributed by atoms with Crippen molar-refractivity contribution in [2.75, 3.05) is 0 Å². The Hall–Kier alpha value is -2.13. The van der Waals surface area contributed by atoms with Crippen LogP contribution in [0.3, 0.4) is 0 Å². The Balaban J connectivity index is 2.18. The second kappa shape index (κ2) is 7.04. The highest BCUT2D eigenvalue weighted by atomic mass is 16.5. The van der Waals surface area contributed by atoms with Gasteiger partial charge in [0.25, 0.3) is 0 Å². The number of hydrogen-bond acceptors (Lipinski definition) is 2. The molecule has 0 fully saturated rings. The molecule has 1 N–H and O–H groups in total. The second-order valence-electron chi connectivity index (χ2n) is 5.08. The first-order chi connectivity index (χ1) is 10.1. The Morgan fingerprint density at radius 1 is 1.14 bits per heavy atom. The summed E-state index contributed by atoms with van der Waals surface area (Å²) >= 11 is 0. The Morgan fingerprint density at radius 3 is 2.43 bits per heavy atom. The number of carbonyl (C=O) groups is 1. The summed E-state index contributed by atoms with van der Waals surface area (Å²) in [4.78, 5) is 11.3. The van der Waals surface area contributed by atoms with E-state index < -0.39 is 5.97 Å². The fraction of sp³-hybridized carbons (Fsp3) is 0.278. The smallest absolute Gasteiger partial charge is 0.336 e. The molecule has 1 unspecified atom stereocenters. The second-order valence-corrected chi connectivity index (χ2v) is 5.08. The van der Waals surface area contributed by atoms with Crippen molar-refractivity contribution in [1.82, 2.24) is 0 Å². The van der Waals surface area contributed by atoms with E-state index in [9.17, 15) is 9.90 Å². The van der Waals surface area contributed by atoms with Crippen molar-refractivity contribution >= 4 is 5.97 Å². The molecule has 0 aliphatic carbocycles. The van der Waals surface area contributed by atoms with Crippen LogP contribution < -0.4 is 0 Å². The van der Waals surface area contributed by atoms with Crippen molar-refractivity contribution in [1.29, 1.82) is 0 Å². The van der Waals surface area contributed by atoms with Gasteiger partial charge in [-0.3, -0.25) is 0 Å². The number of carboxylic acid groups (broad SMARTS) is 1. The van der Waals surface area contributed by atoms with Crippen LogP contribution in [0.4, 0.5) is 0 Å². The zero-order valence-corrected chi connectivity index (χ0v) is 12.4. The van der Waals surface area contributed by atoms with Crippen LogP contribution in [0.1, 0.15) is 36.2 Å². The molecule has 0 saturated heterocycles. The molecule has 2 aromatic carbocycles. The molecule has 3 nitrogen and oxygen atoms in total. The lowest BCUT2D eigenvalue weighted by Crippen LogP contribution is -2.06. The SMILES string of the molecule is CCC(C)OCc1ccc(-c2ccccc2C(=O)O)cc1. The van der Waals surface area contributed by atoms with Crippen LogP contribution in [0.15, 0.2) is 48.5 Å². The molecule has 0 amide bonds. The molecule has 2 rings (SSSR count). The van der Waals surface area contributed by atoms with Gasteiger partial charge in [0.2, 0.25) is 0 Å². The maximum Gasteiger partial charge on any atom is 0.336 e. The van der Waals surface area contributed by atoms with Crippen LogP contribution >= 0.6 is 0 Å². The number of ether oxygens (including phenoxy) is 1. The van der Waals surface area contributed by atoms with E-state index in [4.69, 9.17) is 4.74 Å². The Morgan fingerprint density at radius 2 is 1.81 bits per heavy atom. The first-order valence-corrected chi connectivity index (χ1v) is 7.15. The first-order valence-electron chi connectivity index (χ1n) is 7.15. The highest BCUT2D eigenvalue weighted by molar-refractivity contribution is 5.95. The standard InChI is InChI=1S/C18H20O3/c1-3-13(2)21-12-14-8-10-15(11-9-14)16-6-4-5-7-17(16)18(19)20/h4-11,13H,3,12H2,1-2H3,(H,19,20). The highest BCUT2D eigenvalue weighted by Crippen LogP contribution is 2.24. The van der Waals surface area contributed by atoms with Crippen molar-refractivity contribution in [3.63, 3.8) is 0 Å². The molecule has 0 bridgehead atoms. The maximum atomic E-state index is 11.3. The largest absolute Gasteiger partial charge is 0.478 e. The molecule has 110 valence electrons. The summed E-state index contributed by atoms with van der Waals surface area (Å²) in [5, 5.41) is 9.23. The molecule has 0 radical (unpaired) electrons. The summed E-state index contributed by atoms with van der Waals surface area (Å²) < 4.78 is 5.69. The summed E-state index contributed by atoms with van der Waals surface area (Å²) in [5.74, 6) is -0.908. The van der Waals surface area contributed by atoms with Crippen LogP contribution in [0, 0.1) is 0 Å². The Labute approximate surface area is 125 Å². The molecule has 0 aliphatic heterocycles. The van der Waals surface area contributed by atoms with Crippen LogP contribution in [-0.2, 0) is 11.3 Å². The molecule has 2 aromatic rings. The third-order valence-electron chi connectivity index (χ3n) is 3.53. The lowest BCUT2D eigenvalue weighted by atomic mass is 9.99. The van der Waals surface area contributed by atoms with Crippen molar-refractivity contribution in [3.05, 3.63) is 59.7 Å². The van der Waals surface area contributed by atoms with Gasteiger partial charge in [-0.15, -0.1) is 0 Å². The minimum absolute atomic E-state index is 0.248. The summed E-state index contributed by atoms with van der Waals surface area (Å²) in [6.45, 7) is 4.73. The first kappa shape index (κ1) is 15.3. The number of aromatic carboxylic acids is 1. The summed E-state index contributed by atoms with van der Waals surface area (Å²) in [6, 6.07) is 14.9. The predicted octanol–water partition coefficient (Wildman–Crippen LogP) is 4.37. The van der Waals surface area contributed by atoms with E-state index in [1.807, 2.05) is 36.4 Å². The van der Waals surface area contributed by atoms with Gasteiger partial charge in [-0.05, 0) is 36.1 Å². The van der Waals surface area contributed by atoms with E-state index >= 15 is 0 Å². The Bertz CT molecular complexity index is 602.